The second-order valence-electron chi connectivity index (χ2n) is 6.95. The van der Waals surface area contributed by atoms with Crippen molar-refractivity contribution >= 4 is 21.8 Å². The summed E-state index contributed by atoms with van der Waals surface area (Å²) in [7, 11) is 4.19. The summed E-state index contributed by atoms with van der Waals surface area (Å²) in [4.78, 5) is 0. The number of aryl methyl sites for hydroxylation is 2. The summed E-state index contributed by atoms with van der Waals surface area (Å²) in [5.41, 5.74) is 6.00. The van der Waals surface area contributed by atoms with Crippen molar-refractivity contribution in [1.82, 2.24) is 4.57 Å². The van der Waals surface area contributed by atoms with Gasteiger partial charge in [0, 0.05) is 29.0 Å². The molecule has 0 aliphatic rings. The highest BCUT2D eigenvalue weighted by molar-refractivity contribution is 6.09. The van der Waals surface area contributed by atoms with Crippen LogP contribution in [0, 0.1) is 0 Å². The first-order valence-corrected chi connectivity index (χ1v) is 9.17. The Labute approximate surface area is 158 Å². The Morgan fingerprint density at radius 3 is 1.81 bits per heavy atom. The molecule has 0 amide bonds. The molecule has 3 aromatic heterocycles. The summed E-state index contributed by atoms with van der Waals surface area (Å²) < 4.78 is 6.70. The highest BCUT2D eigenvalue weighted by atomic mass is 15.0. The molecule has 0 aliphatic carbocycles. The molecule has 0 saturated heterocycles. The van der Waals surface area contributed by atoms with Crippen LogP contribution in [0.3, 0.4) is 0 Å². The highest BCUT2D eigenvalue weighted by Crippen LogP contribution is 2.31. The Balaban J connectivity index is 1.76. The summed E-state index contributed by atoms with van der Waals surface area (Å²) >= 11 is 0. The third-order valence-electron chi connectivity index (χ3n) is 5.27. The van der Waals surface area contributed by atoms with Crippen LogP contribution in [0.4, 0.5) is 0 Å². The summed E-state index contributed by atoms with van der Waals surface area (Å²) in [6.45, 7) is 0. The zero-order chi connectivity index (χ0) is 18.4. The fourth-order valence-electron chi connectivity index (χ4n) is 3.98. The first-order chi connectivity index (χ1) is 13.2. The predicted octanol–water partition coefficient (Wildman–Crippen LogP) is 4.10. The molecule has 27 heavy (non-hydrogen) atoms. The normalized spacial score (nSPS) is 11.3. The fraction of sp³-hybridized carbons (Fsp3) is 0.0833. The van der Waals surface area contributed by atoms with Crippen molar-refractivity contribution in [1.29, 1.82) is 0 Å². The van der Waals surface area contributed by atoms with Crippen LogP contribution >= 0.6 is 0 Å². The molecule has 5 rings (SSSR count). The van der Waals surface area contributed by atoms with E-state index in [0.29, 0.717) is 0 Å². The van der Waals surface area contributed by atoms with E-state index in [-0.39, 0.29) is 0 Å². The maximum absolute atomic E-state index is 2.35. The Morgan fingerprint density at radius 1 is 0.593 bits per heavy atom. The molecule has 2 aromatic carbocycles. The minimum Gasteiger partial charge on any atom is -0.304 e. The van der Waals surface area contributed by atoms with Crippen LogP contribution in [0.15, 0.2) is 91.3 Å². The maximum atomic E-state index is 2.35. The van der Waals surface area contributed by atoms with Gasteiger partial charge in [-0.05, 0) is 24.3 Å². The summed E-state index contributed by atoms with van der Waals surface area (Å²) in [5.74, 6) is 0. The number of rotatable bonds is 2. The molecular weight excluding hydrogens is 330 g/mol. The molecule has 0 fully saturated rings. The monoisotopic (exact) mass is 351 g/mol. The van der Waals surface area contributed by atoms with Gasteiger partial charge in [0.15, 0.2) is 12.4 Å². The minimum absolute atomic E-state index is 1.16. The largest absolute Gasteiger partial charge is 0.304 e. The van der Waals surface area contributed by atoms with Gasteiger partial charge in [-0.25, -0.2) is 0 Å². The van der Waals surface area contributed by atoms with E-state index in [9.17, 15) is 0 Å². The zero-order valence-electron chi connectivity index (χ0n) is 15.5. The van der Waals surface area contributed by atoms with Crippen molar-refractivity contribution in [2.24, 2.45) is 14.1 Å². The van der Waals surface area contributed by atoms with E-state index in [2.05, 4.69) is 119 Å². The van der Waals surface area contributed by atoms with Crippen LogP contribution < -0.4 is 9.13 Å². The summed E-state index contributed by atoms with van der Waals surface area (Å²) in [5, 5.41) is 2.57. The van der Waals surface area contributed by atoms with Gasteiger partial charge in [-0.3, -0.25) is 0 Å². The van der Waals surface area contributed by atoms with Crippen LogP contribution in [-0.2, 0) is 14.1 Å². The molecule has 3 heteroatoms. The second-order valence-corrected chi connectivity index (χ2v) is 6.95. The van der Waals surface area contributed by atoms with Gasteiger partial charge in [-0.1, -0.05) is 36.4 Å². The van der Waals surface area contributed by atoms with Gasteiger partial charge in [-0.2, -0.15) is 9.13 Å². The molecule has 0 radical (unpaired) electrons. The van der Waals surface area contributed by atoms with E-state index in [1.807, 2.05) is 0 Å². The topological polar surface area (TPSA) is 12.7 Å². The first-order valence-electron chi connectivity index (χ1n) is 9.17. The van der Waals surface area contributed by atoms with Crippen molar-refractivity contribution in [2.45, 2.75) is 0 Å². The molecule has 0 aliphatic heterocycles. The molecule has 0 atom stereocenters. The molecule has 130 valence electrons. The van der Waals surface area contributed by atoms with Gasteiger partial charge in [-0.15, -0.1) is 0 Å². The van der Waals surface area contributed by atoms with Gasteiger partial charge < -0.3 is 4.57 Å². The number of hydrogen-bond donors (Lipinski definition) is 0. The highest BCUT2D eigenvalue weighted by Gasteiger charge is 2.20. The Bertz CT molecular complexity index is 1240. The van der Waals surface area contributed by atoms with Gasteiger partial charge >= 0.3 is 0 Å². The molecular formula is C24H21N3+2. The lowest BCUT2D eigenvalue weighted by atomic mass is 10.2. The molecule has 0 saturated carbocycles. The number of benzene rings is 2. The number of para-hydroxylation sites is 2. The van der Waals surface area contributed by atoms with Gasteiger partial charge in [0.2, 0.25) is 0 Å². The second kappa shape index (κ2) is 6.06. The van der Waals surface area contributed by atoms with Crippen molar-refractivity contribution < 1.29 is 9.13 Å². The fourth-order valence-corrected chi connectivity index (χ4v) is 3.98. The Kier molecular flexibility index (Phi) is 3.54. The molecule has 3 nitrogen and oxygen atoms in total. The number of pyridine rings is 2. The van der Waals surface area contributed by atoms with Gasteiger partial charge in [0.25, 0.3) is 11.4 Å². The third kappa shape index (κ3) is 2.43. The third-order valence-corrected chi connectivity index (χ3v) is 5.27. The van der Waals surface area contributed by atoms with Crippen LogP contribution in [-0.4, -0.2) is 4.57 Å². The number of hydrogen-bond acceptors (Lipinski definition) is 0. The van der Waals surface area contributed by atoms with Gasteiger partial charge in [0.1, 0.15) is 19.8 Å². The van der Waals surface area contributed by atoms with E-state index < -0.39 is 0 Å². The van der Waals surface area contributed by atoms with E-state index in [1.54, 1.807) is 0 Å². The lowest BCUT2D eigenvalue weighted by molar-refractivity contribution is -0.690. The SMILES string of the molecule is C[n+]1ccccc1-c1ccc(-n2c3ccccc3c3ccccc32)c[n+]1C. The lowest BCUT2D eigenvalue weighted by Gasteiger charge is -2.07. The smallest absolute Gasteiger partial charge is 0.277 e. The van der Waals surface area contributed by atoms with Crippen molar-refractivity contribution in [3.63, 3.8) is 0 Å². The van der Waals surface area contributed by atoms with E-state index in [0.717, 1.165) is 5.69 Å². The van der Waals surface area contributed by atoms with E-state index in [4.69, 9.17) is 0 Å². The van der Waals surface area contributed by atoms with Gasteiger partial charge in [0.05, 0.1) is 11.0 Å². The van der Waals surface area contributed by atoms with Crippen LogP contribution in [0.2, 0.25) is 0 Å². The van der Waals surface area contributed by atoms with Crippen molar-refractivity contribution in [3.05, 3.63) is 91.3 Å². The summed E-state index contributed by atoms with van der Waals surface area (Å²) in [6.07, 6.45) is 4.29. The van der Waals surface area contributed by atoms with Crippen LogP contribution in [0.5, 0.6) is 0 Å². The average molecular weight is 351 g/mol. The Morgan fingerprint density at radius 2 is 1.19 bits per heavy atom. The molecule has 0 spiro atoms. The number of fused-ring (bicyclic) bond motifs is 3. The number of aromatic nitrogens is 3. The van der Waals surface area contributed by atoms with E-state index in [1.165, 1.54) is 33.2 Å². The molecule has 0 bridgehead atoms. The Hall–Kier alpha value is -3.46. The standard InChI is InChI=1S/C24H21N3/c1-25-16-8-7-13-23(25)24-15-14-18(17-26(24)2)27-21-11-5-3-9-19(21)20-10-4-6-12-22(20)27/h3-17H,1-2H3/q+2. The minimum atomic E-state index is 1.16. The van der Waals surface area contributed by atoms with Crippen LogP contribution in [0.1, 0.15) is 0 Å². The van der Waals surface area contributed by atoms with Crippen molar-refractivity contribution in [3.8, 4) is 17.1 Å². The molecule has 0 N–H and O–H groups in total. The molecule has 3 heterocycles. The van der Waals surface area contributed by atoms with Crippen LogP contribution in [0.25, 0.3) is 38.9 Å². The molecule has 0 unspecified atom stereocenters. The predicted molar refractivity (Wildman–Crippen MR) is 109 cm³/mol. The number of nitrogens with zero attached hydrogens (tertiary/aromatic N) is 3. The first kappa shape index (κ1) is 15.8. The quantitative estimate of drug-likeness (QED) is 0.425. The lowest BCUT2D eigenvalue weighted by Crippen LogP contribution is -2.38. The zero-order valence-corrected chi connectivity index (χ0v) is 15.5. The van der Waals surface area contributed by atoms with E-state index >= 15 is 0 Å². The van der Waals surface area contributed by atoms with Crippen molar-refractivity contribution in [2.75, 3.05) is 0 Å². The maximum Gasteiger partial charge on any atom is 0.277 e. The average Bonchev–Trinajstić information content (AvgIpc) is 3.03. The summed E-state index contributed by atoms with van der Waals surface area (Å²) in [6, 6.07) is 27.9. The molecule has 5 aromatic rings.